The second-order valence-electron chi connectivity index (χ2n) is 4.73. The third-order valence-corrected chi connectivity index (χ3v) is 4.22. The van der Waals surface area contributed by atoms with Gasteiger partial charge in [-0.25, -0.2) is 0 Å². The van der Waals surface area contributed by atoms with Crippen LogP contribution in [0.2, 0.25) is 10.0 Å². The lowest BCUT2D eigenvalue weighted by Gasteiger charge is -2.07. The maximum Gasteiger partial charge on any atom is 0.308 e. The predicted octanol–water partition coefficient (Wildman–Crippen LogP) is 3.60. The van der Waals surface area contributed by atoms with Crippen LogP contribution in [0.3, 0.4) is 0 Å². The van der Waals surface area contributed by atoms with Gasteiger partial charge in [-0.15, -0.1) is 0 Å². The minimum atomic E-state index is -0.584. The van der Waals surface area contributed by atoms with E-state index in [2.05, 4.69) is 5.32 Å². The van der Waals surface area contributed by atoms with Gasteiger partial charge in [0.05, 0.1) is 11.4 Å². The highest BCUT2D eigenvalue weighted by molar-refractivity contribution is 7.08. The molecular weight excluding hydrogens is 373 g/mol. The van der Waals surface area contributed by atoms with Gasteiger partial charge in [0.1, 0.15) is 0 Å². The number of hydrogen-bond donors (Lipinski definition) is 1. The van der Waals surface area contributed by atoms with Crippen LogP contribution in [0.25, 0.3) is 0 Å². The molecule has 0 aliphatic carbocycles. The molecule has 0 aliphatic rings. The molecule has 2 rings (SSSR count). The summed E-state index contributed by atoms with van der Waals surface area (Å²) < 4.78 is 4.89. The molecule has 24 heavy (non-hydrogen) atoms. The van der Waals surface area contributed by atoms with Crippen LogP contribution < -0.4 is 5.32 Å². The molecule has 2 aromatic rings. The average Bonchev–Trinajstić information content (AvgIpc) is 3.07. The van der Waals surface area contributed by atoms with Crippen molar-refractivity contribution < 1.29 is 19.1 Å². The van der Waals surface area contributed by atoms with Crippen LogP contribution in [0.4, 0.5) is 0 Å². The van der Waals surface area contributed by atoms with Gasteiger partial charge in [-0.05, 0) is 29.6 Å². The summed E-state index contributed by atoms with van der Waals surface area (Å²) in [5, 5.41) is 6.71. The molecule has 126 valence electrons. The molecule has 1 N–H and O–H groups in total. The number of benzene rings is 1. The monoisotopic (exact) mass is 385 g/mol. The number of ketones is 1. The Morgan fingerprint density at radius 1 is 1.17 bits per heavy atom. The lowest BCUT2D eigenvalue weighted by Crippen LogP contribution is -2.26. The molecule has 0 bridgehead atoms. The number of carbonyl (C=O) groups is 3. The summed E-state index contributed by atoms with van der Waals surface area (Å²) in [6.07, 6.45) is -0.0303. The Labute approximate surface area is 152 Å². The summed E-state index contributed by atoms with van der Waals surface area (Å²) in [4.78, 5) is 35.2. The van der Waals surface area contributed by atoms with Crippen LogP contribution in [-0.2, 0) is 9.53 Å². The van der Waals surface area contributed by atoms with Gasteiger partial charge in [0, 0.05) is 28.1 Å². The van der Waals surface area contributed by atoms with Crippen molar-refractivity contribution in [2.75, 3.05) is 13.2 Å². The number of amides is 1. The Bertz CT molecular complexity index is 747. The number of rotatable bonds is 7. The van der Waals surface area contributed by atoms with Gasteiger partial charge < -0.3 is 10.1 Å². The number of hydrogen-bond acceptors (Lipinski definition) is 5. The zero-order valence-electron chi connectivity index (χ0n) is 12.4. The number of carbonyl (C=O) groups excluding carboxylic acids is 3. The fraction of sp³-hybridized carbons (Fsp3) is 0.188. The normalized spacial score (nSPS) is 10.2. The highest BCUT2D eigenvalue weighted by atomic mass is 35.5. The van der Waals surface area contributed by atoms with Gasteiger partial charge in [0.25, 0.3) is 5.91 Å². The smallest absolute Gasteiger partial charge is 0.308 e. The molecule has 0 atom stereocenters. The number of esters is 1. The Morgan fingerprint density at radius 2 is 1.96 bits per heavy atom. The van der Waals surface area contributed by atoms with E-state index in [1.54, 1.807) is 16.8 Å². The summed E-state index contributed by atoms with van der Waals surface area (Å²) in [6.45, 7) is -0.290. The number of thiophene rings is 1. The first kappa shape index (κ1) is 18.4. The highest BCUT2D eigenvalue weighted by Crippen LogP contribution is 2.21. The average molecular weight is 386 g/mol. The topological polar surface area (TPSA) is 72.5 Å². The van der Waals surface area contributed by atoms with Gasteiger partial charge in [-0.3, -0.25) is 14.4 Å². The van der Waals surface area contributed by atoms with Gasteiger partial charge in [-0.1, -0.05) is 23.2 Å². The number of nitrogens with one attached hydrogen (secondary N) is 1. The predicted molar refractivity (Wildman–Crippen MR) is 93.0 cm³/mol. The number of ether oxygens (including phenoxy) is 1. The molecule has 0 radical (unpaired) electrons. The molecule has 0 saturated heterocycles. The van der Waals surface area contributed by atoms with Gasteiger partial charge >= 0.3 is 5.97 Å². The number of Topliss-reactive ketones (excluding diaryl/α,β-unsaturated/α-hetero) is 1. The van der Waals surface area contributed by atoms with E-state index in [1.165, 1.54) is 29.5 Å². The van der Waals surface area contributed by atoms with Gasteiger partial charge in [-0.2, -0.15) is 11.3 Å². The summed E-state index contributed by atoms with van der Waals surface area (Å²) in [5.74, 6) is -1.26. The Morgan fingerprint density at radius 3 is 2.62 bits per heavy atom. The fourth-order valence-corrected chi connectivity index (χ4v) is 2.94. The van der Waals surface area contributed by atoms with Crippen LogP contribution in [0, 0.1) is 0 Å². The number of halogens is 2. The van der Waals surface area contributed by atoms with Crippen molar-refractivity contribution in [3.63, 3.8) is 0 Å². The second kappa shape index (κ2) is 8.82. The van der Waals surface area contributed by atoms with Crippen molar-refractivity contribution in [3.8, 4) is 0 Å². The first-order valence-corrected chi connectivity index (χ1v) is 8.61. The van der Waals surface area contributed by atoms with E-state index in [9.17, 15) is 14.4 Å². The molecule has 0 unspecified atom stereocenters. The van der Waals surface area contributed by atoms with E-state index < -0.39 is 18.4 Å². The van der Waals surface area contributed by atoms with Crippen molar-refractivity contribution in [2.24, 2.45) is 0 Å². The molecule has 5 nitrogen and oxygen atoms in total. The molecule has 8 heteroatoms. The SMILES string of the molecule is O=C(CCNC(=O)c1ccsc1)OCC(=O)c1ccc(Cl)cc1Cl. The zero-order valence-corrected chi connectivity index (χ0v) is 14.7. The van der Waals surface area contributed by atoms with Crippen molar-refractivity contribution in [2.45, 2.75) is 6.42 Å². The highest BCUT2D eigenvalue weighted by Gasteiger charge is 2.14. The Balaban J connectivity index is 1.73. The summed E-state index contributed by atoms with van der Waals surface area (Å²) >= 11 is 13.1. The zero-order chi connectivity index (χ0) is 17.5. The third-order valence-electron chi connectivity index (χ3n) is 2.99. The molecule has 1 aromatic heterocycles. The quantitative estimate of drug-likeness (QED) is 0.583. The van der Waals surface area contributed by atoms with E-state index in [0.717, 1.165) is 0 Å². The van der Waals surface area contributed by atoms with Crippen LogP contribution >= 0.6 is 34.5 Å². The first-order valence-electron chi connectivity index (χ1n) is 6.91. The third kappa shape index (κ3) is 5.33. The molecule has 1 amide bonds. The second-order valence-corrected chi connectivity index (χ2v) is 6.35. The van der Waals surface area contributed by atoms with E-state index >= 15 is 0 Å². The molecular formula is C16H13Cl2NO4S. The molecule has 0 fully saturated rings. The lowest BCUT2D eigenvalue weighted by atomic mass is 10.1. The summed E-state index contributed by atoms with van der Waals surface area (Å²) in [5.41, 5.74) is 0.778. The van der Waals surface area contributed by atoms with Gasteiger partial charge in [0.2, 0.25) is 5.78 Å². The van der Waals surface area contributed by atoms with Crippen molar-refractivity contribution in [1.82, 2.24) is 5.32 Å². The van der Waals surface area contributed by atoms with Gasteiger partial charge in [0.15, 0.2) is 6.61 Å². The van der Waals surface area contributed by atoms with Crippen LogP contribution in [0.1, 0.15) is 27.1 Å². The maximum absolute atomic E-state index is 11.9. The Kier molecular flexibility index (Phi) is 6.78. The molecule has 1 heterocycles. The van der Waals surface area contributed by atoms with E-state index in [-0.39, 0.29) is 29.5 Å². The van der Waals surface area contributed by atoms with Crippen molar-refractivity contribution in [1.29, 1.82) is 0 Å². The summed E-state index contributed by atoms with van der Waals surface area (Å²) in [7, 11) is 0. The lowest BCUT2D eigenvalue weighted by molar-refractivity contribution is -0.142. The molecule has 0 spiro atoms. The van der Waals surface area contributed by atoms with E-state index in [0.29, 0.717) is 10.6 Å². The van der Waals surface area contributed by atoms with Crippen molar-refractivity contribution in [3.05, 3.63) is 56.2 Å². The van der Waals surface area contributed by atoms with Crippen molar-refractivity contribution >= 4 is 52.2 Å². The molecule has 0 aliphatic heterocycles. The van der Waals surface area contributed by atoms with E-state index in [4.69, 9.17) is 27.9 Å². The van der Waals surface area contributed by atoms with E-state index in [1.807, 2.05) is 0 Å². The largest absolute Gasteiger partial charge is 0.457 e. The van der Waals surface area contributed by atoms with Crippen LogP contribution in [0.5, 0.6) is 0 Å². The van der Waals surface area contributed by atoms with Crippen LogP contribution in [0.15, 0.2) is 35.0 Å². The minimum absolute atomic E-state index is 0.0303. The summed E-state index contributed by atoms with van der Waals surface area (Å²) in [6, 6.07) is 6.13. The Hall–Kier alpha value is -1.89. The minimum Gasteiger partial charge on any atom is -0.457 e. The molecule has 1 aromatic carbocycles. The first-order chi connectivity index (χ1) is 11.5. The van der Waals surface area contributed by atoms with Crippen LogP contribution in [-0.4, -0.2) is 30.8 Å². The standard InChI is InChI=1S/C16H13Cl2NO4S/c17-11-1-2-12(13(18)7-11)14(20)8-23-15(21)3-5-19-16(22)10-4-6-24-9-10/h1-2,4,6-7,9H,3,5,8H2,(H,19,22). The molecule has 0 saturated carbocycles. The maximum atomic E-state index is 11.9. The fourth-order valence-electron chi connectivity index (χ4n) is 1.79.